The summed E-state index contributed by atoms with van der Waals surface area (Å²) in [5.74, 6) is -2.50. The summed E-state index contributed by atoms with van der Waals surface area (Å²) in [4.78, 5) is 1.52. The average molecular weight is 266 g/mol. The number of piperazine rings is 1. The van der Waals surface area contributed by atoms with Crippen LogP contribution < -0.4 is 10.2 Å². The Balaban J connectivity index is 2.36. The molecule has 0 spiro atoms. The Morgan fingerprint density at radius 2 is 1.61 bits per heavy atom. The zero-order valence-corrected chi connectivity index (χ0v) is 9.32. The van der Waals surface area contributed by atoms with Crippen molar-refractivity contribution >= 4 is 5.69 Å². The zero-order valence-electron chi connectivity index (χ0n) is 9.32. The Kier molecular flexibility index (Phi) is 3.43. The Morgan fingerprint density at radius 1 is 1.00 bits per heavy atom. The molecule has 0 atom stereocenters. The van der Waals surface area contributed by atoms with Gasteiger partial charge in [-0.15, -0.1) is 0 Å². The first-order chi connectivity index (χ1) is 8.39. The van der Waals surface area contributed by atoms with Crippen LogP contribution in [0, 0.1) is 11.6 Å². The maximum absolute atomic E-state index is 13.6. The second-order valence-electron chi connectivity index (χ2n) is 4.02. The number of hydrogen-bond donors (Lipinski definition) is 1. The molecule has 1 heterocycles. The molecular formula is C11H11F5N2. The van der Waals surface area contributed by atoms with Gasteiger partial charge in [-0.3, -0.25) is 0 Å². The van der Waals surface area contributed by atoms with E-state index in [1.165, 1.54) is 4.90 Å². The largest absolute Gasteiger partial charge is 0.419 e. The highest BCUT2D eigenvalue weighted by Crippen LogP contribution is 2.34. The van der Waals surface area contributed by atoms with E-state index >= 15 is 0 Å². The molecule has 1 N–H and O–H groups in total. The van der Waals surface area contributed by atoms with Crippen molar-refractivity contribution < 1.29 is 22.0 Å². The molecule has 0 saturated carbocycles. The van der Waals surface area contributed by atoms with Crippen molar-refractivity contribution in [2.75, 3.05) is 31.1 Å². The van der Waals surface area contributed by atoms with Crippen LogP contribution in [0.25, 0.3) is 0 Å². The van der Waals surface area contributed by atoms with Gasteiger partial charge in [0.05, 0.1) is 11.3 Å². The summed E-state index contributed by atoms with van der Waals surface area (Å²) in [6, 6.07) is 0.830. The van der Waals surface area contributed by atoms with Crippen LogP contribution in [-0.4, -0.2) is 26.2 Å². The van der Waals surface area contributed by atoms with Crippen LogP contribution in [0.15, 0.2) is 12.1 Å². The minimum absolute atomic E-state index is 0.123. The molecule has 1 aliphatic heterocycles. The molecule has 2 rings (SSSR count). The Labute approximate surface area is 100 Å². The molecule has 0 aromatic heterocycles. The van der Waals surface area contributed by atoms with Gasteiger partial charge < -0.3 is 10.2 Å². The number of nitrogens with one attached hydrogen (secondary N) is 1. The number of benzene rings is 1. The smallest absolute Gasteiger partial charge is 0.367 e. The normalized spacial score (nSPS) is 17.1. The fourth-order valence-electron chi connectivity index (χ4n) is 1.90. The van der Waals surface area contributed by atoms with Gasteiger partial charge in [0.15, 0.2) is 0 Å². The van der Waals surface area contributed by atoms with E-state index in [1.54, 1.807) is 0 Å². The molecule has 1 aromatic rings. The second-order valence-corrected chi connectivity index (χ2v) is 4.02. The Bertz CT molecular complexity index is 438. The van der Waals surface area contributed by atoms with E-state index in [-0.39, 0.29) is 11.8 Å². The van der Waals surface area contributed by atoms with E-state index in [0.29, 0.717) is 32.2 Å². The maximum Gasteiger partial charge on any atom is 0.419 e. The lowest BCUT2D eigenvalue weighted by molar-refractivity contribution is -0.140. The van der Waals surface area contributed by atoms with Crippen LogP contribution >= 0.6 is 0 Å². The summed E-state index contributed by atoms with van der Waals surface area (Å²) >= 11 is 0. The third-order valence-electron chi connectivity index (χ3n) is 2.80. The number of halogens is 5. The van der Waals surface area contributed by atoms with E-state index in [2.05, 4.69) is 5.32 Å². The van der Waals surface area contributed by atoms with Gasteiger partial charge in [-0.1, -0.05) is 0 Å². The van der Waals surface area contributed by atoms with Crippen molar-refractivity contribution in [2.24, 2.45) is 0 Å². The van der Waals surface area contributed by atoms with Gasteiger partial charge in [0.1, 0.15) is 11.6 Å². The summed E-state index contributed by atoms with van der Waals surface area (Å²) in [6.45, 7) is 2.04. The van der Waals surface area contributed by atoms with Gasteiger partial charge in [-0.2, -0.15) is 13.2 Å². The lowest BCUT2D eigenvalue weighted by Crippen LogP contribution is -2.44. The molecule has 0 aliphatic carbocycles. The number of hydrogen-bond acceptors (Lipinski definition) is 2. The molecule has 1 aromatic carbocycles. The van der Waals surface area contributed by atoms with Gasteiger partial charge in [-0.25, -0.2) is 8.78 Å². The van der Waals surface area contributed by atoms with Crippen molar-refractivity contribution in [2.45, 2.75) is 6.18 Å². The van der Waals surface area contributed by atoms with Gasteiger partial charge in [-0.05, 0) is 6.07 Å². The number of nitrogens with zero attached hydrogens (tertiary/aromatic N) is 1. The molecule has 2 nitrogen and oxygen atoms in total. The predicted octanol–water partition coefficient (Wildman–Crippen LogP) is 2.39. The van der Waals surface area contributed by atoms with Crippen LogP contribution in [0.1, 0.15) is 5.56 Å². The average Bonchev–Trinajstić information content (AvgIpc) is 2.31. The fraction of sp³-hybridized carbons (Fsp3) is 0.455. The zero-order chi connectivity index (χ0) is 13.3. The molecule has 0 bridgehead atoms. The first-order valence-corrected chi connectivity index (χ1v) is 5.41. The topological polar surface area (TPSA) is 15.3 Å². The Morgan fingerprint density at radius 3 is 2.17 bits per heavy atom. The van der Waals surface area contributed by atoms with E-state index in [1.807, 2.05) is 0 Å². The molecule has 0 unspecified atom stereocenters. The van der Waals surface area contributed by atoms with Crippen LogP contribution in [0.5, 0.6) is 0 Å². The molecule has 1 saturated heterocycles. The second kappa shape index (κ2) is 4.72. The van der Waals surface area contributed by atoms with Crippen LogP contribution in [0.3, 0.4) is 0 Å². The maximum atomic E-state index is 13.6. The monoisotopic (exact) mass is 266 g/mol. The molecule has 0 radical (unpaired) electrons. The van der Waals surface area contributed by atoms with Crippen molar-refractivity contribution in [3.05, 3.63) is 29.3 Å². The molecule has 0 amide bonds. The highest BCUT2D eigenvalue weighted by atomic mass is 19.4. The summed E-state index contributed by atoms with van der Waals surface area (Å²) in [7, 11) is 0. The van der Waals surface area contributed by atoms with Gasteiger partial charge in [0.2, 0.25) is 0 Å². The number of anilines is 1. The predicted molar refractivity (Wildman–Crippen MR) is 56.4 cm³/mol. The van der Waals surface area contributed by atoms with E-state index < -0.39 is 23.4 Å². The highest BCUT2D eigenvalue weighted by molar-refractivity contribution is 5.50. The lowest BCUT2D eigenvalue weighted by Gasteiger charge is -2.30. The third-order valence-corrected chi connectivity index (χ3v) is 2.80. The van der Waals surface area contributed by atoms with E-state index in [4.69, 9.17) is 0 Å². The summed E-state index contributed by atoms with van der Waals surface area (Å²) in [6.07, 6.45) is -4.88. The lowest BCUT2D eigenvalue weighted by atomic mass is 10.1. The molecule has 7 heteroatoms. The van der Waals surface area contributed by atoms with Crippen LogP contribution in [0.2, 0.25) is 0 Å². The quantitative estimate of drug-likeness (QED) is 0.785. The SMILES string of the molecule is Fc1cc(C(F)(F)F)c(F)cc1N1CCNCC1. The van der Waals surface area contributed by atoms with E-state index in [0.717, 1.165) is 0 Å². The fourth-order valence-corrected chi connectivity index (χ4v) is 1.90. The third kappa shape index (κ3) is 2.55. The minimum atomic E-state index is -4.88. The van der Waals surface area contributed by atoms with Gasteiger partial charge in [0.25, 0.3) is 0 Å². The van der Waals surface area contributed by atoms with Crippen molar-refractivity contribution in [1.29, 1.82) is 0 Å². The Hall–Kier alpha value is -1.37. The number of rotatable bonds is 1. The molecule has 18 heavy (non-hydrogen) atoms. The molecule has 100 valence electrons. The standard InChI is InChI=1S/C11H11F5N2/c12-8-6-10(18-3-1-17-2-4-18)9(13)5-7(8)11(14,15)16/h5-6,17H,1-4H2. The van der Waals surface area contributed by atoms with Gasteiger partial charge >= 0.3 is 6.18 Å². The van der Waals surface area contributed by atoms with Crippen LogP contribution in [0.4, 0.5) is 27.6 Å². The van der Waals surface area contributed by atoms with Gasteiger partial charge in [0, 0.05) is 32.2 Å². The molecular weight excluding hydrogens is 255 g/mol. The molecule has 1 fully saturated rings. The van der Waals surface area contributed by atoms with Crippen molar-refractivity contribution in [3.63, 3.8) is 0 Å². The summed E-state index contributed by atoms with van der Waals surface area (Å²) < 4.78 is 64.1. The molecule has 1 aliphatic rings. The summed E-state index contributed by atoms with van der Waals surface area (Å²) in [5.41, 5.74) is -1.69. The minimum Gasteiger partial charge on any atom is -0.367 e. The first kappa shape index (κ1) is 13.1. The highest BCUT2D eigenvalue weighted by Gasteiger charge is 2.35. The van der Waals surface area contributed by atoms with Crippen molar-refractivity contribution in [1.82, 2.24) is 5.32 Å². The van der Waals surface area contributed by atoms with Crippen molar-refractivity contribution in [3.8, 4) is 0 Å². The van der Waals surface area contributed by atoms with E-state index in [9.17, 15) is 22.0 Å². The number of alkyl halides is 3. The first-order valence-electron chi connectivity index (χ1n) is 5.41. The summed E-state index contributed by atoms with van der Waals surface area (Å²) in [5, 5.41) is 3.02. The van der Waals surface area contributed by atoms with Crippen LogP contribution in [-0.2, 0) is 6.18 Å².